The van der Waals surface area contributed by atoms with E-state index in [1.54, 1.807) is 25.4 Å². The number of ether oxygens (including phenoxy) is 3. The van der Waals surface area contributed by atoms with Crippen LogP contribution in [0.25, 0.3) is 10.2 Å². The van der Waals surface area contributed by atoms with Crippen LogP contribution in [0, 0.1) is 5.82 Å². The number of methoxy groups -OCH3 is 1. The average Bonchev–Trinajstić information content (AvgIpc) is 3.61. The quantitative estimate of drug-likeness (QED) is 0.147. The Morgan fingerprint density at radius 3 is 2.83 bits per heavy atom. The number of halogens is 1. The van der Waals surface area contributed by atoms with E-state index in [0.29, 0.717) is 24.6 Å². The first-order valence-electron chi connectivity index (χ1n) is 13.0. The third-order valence-electron chi connectivity index (χ3n) is 6.22. The zero-order chi connectivity index (χ0) is 28.6. The second-order valence-corrected chi connectivity index (χ2v) is 10.8. The largest absolute Gasteiger partial charge is 0.488 e. The van der Waals surface area contributed by atoms with E-state index in [-0.39, 0.29) is 29.3 Å². The maximum Gasteiger partial charge on any atom is 0.230 e. The second-order valence-electron chi connectivity index (χ2n) is 9.27. The molecule has 0 spiro atoms. The number of hydrogen-bond donors (Lipinski definition) is 3. The molecule has 41 heavy (non-hydrogen) atoms. The molecule has 1 aliphatic rings. The number of nitrogens with zero attached hydrogens (tertiary/aromatic N) is 1. The number of carbonyl (C=O) groups is 1. The molecular formula is C30H29FN4O4S2. The van der Waals surface area contributed by atoms with Crippen molar-refractivity contribution < 1.29 is 23.4 Å². The van der Waals surface area contributed by atoms with Crippen molar-refractivity contribution in [3.8, 4) is 11.5 Å². The smallest absolute Gasteiger partial charge is 0.230 e. The van der Waals surface area contributed by atoms with Gasteiger partial charge in [-0.25, -0.2) is 4.39 Å². The minimum atomic E-state index is -0.580. The molecule has 3 heterocycles. The van der Waals surface area contributed by atoms with Crippen molar-refractivity contribution in [2.75, 3.05) is 32.1 Å². The molecule has 11 heteroatoms. The Kier molecular flexibility index (Phi) is 9.52. The summed E-state index contributed by atoms with van der Waals surface area (Å²) in [5.74, 6) is 0.616. The number of pyridine rings is 1. The number of carbonyl (C=O) groups excluding carboxylic acids is 1. The Labute approximate surface area is 246 Å². The van der Waals surface area contributed by atoms with Crippen LogP contribution in [0.5, 0.6) is 11.5 Å². The van der Waals surface area contributed by atoms with Crippen molar-refractivity contribution in [2.45, 2.75) is 18.9 Å². The minimum absolute atomic E-state index is 0.0558. The van der Waals surface area contributed by atoms with Crippen molar-refractivity contribution in [3.63, 3.8) is 0 Å². The van der Waals surface area contributed by atoms with E-state index in [1.165, 1.54) is 23.5 Å². The zero-order valence-electron chi connectivity index (χ0n) is 22.3. The Balaban J connectivity index is 1.19. The standard InChI is InChI=1S/C30H29FN4O4S2/c1-37-14-13-32-18-21-8-10-25(38-21)27-17-23-29(41-27)26(11-12-33-23)39-24-9-7-20(16-22(24)31)34-30(40)35-28(36)15-19-5-3-2-4-6-19/h2-9,11-12,16-17,25,32H,10,13-15,18H2,1H3,(H2,34,35,36,40). The van der Waals surface area contributed by atoms with Gasteiger partial charge in [0.15, 0.2) is 16.7 Å². The van der Waals surface area contributed by atoms with Gasteiger partial charge in [-0.3, -0.25) is 9.78 Å². The van der Waals surface area contributed by atoms with E-state index in [9.17, 15) is 4.79 Å². The number of amides is 1. The number of benzene rings is 2. The van der Waals surface area contributed by atoms with Gasteiger partial charge in [0.05, 0.1) is 29.8 Å². The molecule has 0 aliphatic carbocycles. The summed E-state index contributed by atoms with van der Waals surface area (Å²) in [5.41, 5.74) is 2.01. The van der Waals surface area contributed by atoms with Crippen LogP contribution in [0.1, 0.15) is 23.0 Å². The summed E-state index contributed by atoms with van der Waals surface area (Å²) in [7, 11) is 1.67. The molecule has 1 amide bonds. The summed E-state index contributed by atoms with van der Waals surface area (Å²) >= 11 is 6.74. The van der Waals surface area contributed by atoms with E-state index >= 15 is 4.39 Å². The molecular weight excluding hydrogens is 563 g/mol. The summed E-state index contributed by atoms with van der Waals surface area (Å²) in [6, 6.07) is 17.4. The Hall–Kier alpha value is -3.90. The van der Waals surface area contributed by atoms with Crippen molar-refractivity contribution in [1.82, 2.24) is 15.6 Å². The molecule has 1 atom stereocenters. The topological polar surface area (TPSA) is 93.7 Å². The highest BCUT2D eigenvalue weighted by Crippen LogP contribution is 2.41. The molecule has 0 bridgehead atoms. The number of thiocarbonyl (C=S) groups is 1. The van der Waals surface area contributed by atoms with Crippen LogP contribution in [0.15, 0.2) is 78.7 Å². The van der Waals surface area contributed by atoms with Crippen LogP contribution in [0.2, 0.25) is 0 Å². The first-order valence-corrected chi connectivity index (χ1v) is 14.3. The lowest BCUT2D eigenvalue weighted by atomic mass is 10.1. The maximum absolute atomic E-state index is 15.0. The van der Waals surface area contributed by atoms with Gasteiger partial charge in [-0.15, -0.1) is 11.3 Å². The molecule has 1 aliphatic heterocycles. The van der Waals surface area contributed by atoms with Gasteiger partial charge in [-0.2, -0.15) is 0 Å². The normalized spacial score (nSPS) is 14.4. The van der Waals surface area contributed by atoms with Gasteiger partial charge >= 0.3 is 0 Å². The second kappa shape index (κ2) is 13.6. The Morgan fingerprint density at radius 2 is 2.02 bits per heavy atom. The SMILES string of the molecule is COCCNCC1=CCC(c2cc3nccc(Oc4ccc(NC(=S)NC(=O)Cc5ccccc5)cc4F)c3s2)O1. The molecule has 3 N–H and O–H groups in total. The monoisotopic (exact) mass is 592 g/mol. The highest BCUT2D eigenvalue weighted by Gasteiger charge is 2.23. The highest BCUT2D eigenvalue weighted by molar-refractivity contribution is 7.80. The van der Waals surface area contributed by atoms with E-state index in [1.807, 2.05) is 36.4 Å². The van der Waals surface area contributed by atoms with Crippen molar-refractivity contribution >= 4 is 50.5 Å². The van der Waals surface area contributed by atoms with Gasteiger partial charge in [0.2, 0.25) is 5.91 Å². The summed E-state index contributed by atoms with van der Waals surface area (Å²) in [6.45, 7) is 2.04. The van der Waals surface area contributed by atoms with Gasteiger partial charge < -0.3 is 30.2 Å². The lowest BCUT2D eigenvalue weighted by molar-refractivity contribution is -0.119. The molecule has 0 fully saturated rings. The number of aromatic nitrogens is 1. The average molecular weight is 593 g/mol. The summed E-state index contributed by atoms with van der Waals surface area (Å²) in [4.78, 5) is 17.7. The summed E-state index contributed by atoms with van der Waals surface area (Å²) in [6.07, 6.45) is 4.58. The zero-order valence-corrected chi connectivity index (χ0v) is 23.9. The predicted octanol–water partition coefficient (Wildman–Crippen LogP) is 5.86. The fraction of sp³-hybridized carbons (Fsp3) is 0.233. The summed E-state index contributed by atoms with van der Waals surface area (Å²) in [5, 5.41) is 8.83. The van der Waals surface area contributed by atoms with Gasteiger partial charge in [-0.1, -0.05) is 30.3 Å². The number of rotatable bonds is 11. The van der Waals surface area contributed by atoms with Gasteiger partial charge in [-0.05, 0) is 42.1 Å². The molecule has 0 saturated heterocycles. The van der Waals surface area contributed by atoms with Crippen LogP contribution in [-0.4, -0.2) is 42.8 Å². The molecule has 0 saturated carbocycles. The molecule has 5 rings (SSSR count). The summed E-state index contributed by atoms with van der Waals surface area (Å²) < 4.78 is 33.0. The highest BCUT2D eigenvalue weighted by atomic mass is 32.1. The van der Waals surface area contributed by atoms with E-state index in [0.717, 1.165) is 39.4 Å². The molecule has 2 aromatic carbocycles. The Bertz CT molecular complexity index is 1560. The van der Waals surface area contributed by atoms with Crippen molar-refractivity contribution in [1.29, 1.82) is 0 Å². The van der Waals surface area contributed by atoms with Crippen molar-refractivity contribution in [3.05, 3.63) is 95.0 Å². The molecule has 4 aromatic rings. The number of nitrogens with one attached hydrogen (secondary N) is 3. The lowest BCUT2D eigenvalue weighted by Crippen LogP contribution is -2.35. The van der Waals surface area contributed by atoms with E-state index < -0.39 is 5.82 Å². The van der Waals surface area contributed by atoms with Crippen molar-refractivity contribution in [2.24, 2.45) is 0 Å². The van der Waals surface area contributed by atoms with Crippen LogP contribution in [-0.2, 0) is 20.7 Å². The molecule has 212 valence electrons. The lowest BCUT2D eigenvalue weighted by Gasteiger charge is -2.12. The number of fused-ring (bicyclic) bond motifs is 1. The van der Waals surface area contributed by atoms with Crippen LogP contribution < -0.4 is 20.7 Å². The third kappa shape index (κ3) is 7.65. The minimum Gasteiger partial charge on any atom is -0.488 e. The first-order chi connectivity index (χ1) is 20.0. The molecule has 8 nitrogen and oxygen atoms in total. The van der Waals surface area contributed by atoms with Gasteiger partial charge in [0, 0.05) is 49.0 Å². The fourth-order valence-electron chi connectivity index (χ4n) is 4.26. The Morgan fingerprint density at radius 1 is 1.17 bits per heavy atom. The van der Waals surface area contributed by atoms with Crippen LogP contribution in [0.4, 0.5) is 10.1 Å². The third-order valence-corrected chi connectivity index (χ3v) is 7.65. The van der Waals surface area contributed by atoms with E-state index in [4.69, 9.17) is 26.4 Å². The van der Waals surface area contributed by atoms with Gasteiger partial charge in [0.25, 0.3) is 0 Å². The molecule has 2 aromatic heterocycles. The number of hydrogen-bond acceptors (Lipinski definition) is 8. The van der Waals surface area contributed by atoms with Crippen LogP contribution in [0.3, 0.4) is 0 Å². The first kappa shape index (κ1) is 28.6. The molecule has 1 unspecified atom stereocenters. The maximum atomic E-state index is 15.0. The fourth-order valence-corrected chi connectivity index (χ4v) is 5.60. The predicted molar refractivity (Wildman–Crippen MR) is 162 cm³/mol. The van der Waals surface area contributed by atoms with Crippen LogP contribution >= 0.6 is 23.6 Å². The number of anilines is 1. The van der Waals surface area contributed by atoms with E-state index in [2.05, 4.69) is 27.0 Å². The number of thiophene rings is 1. The van der Waals surface area contributed by atoms with Gasteiger partial charge in [0.1, 0.15) is 17.6 Å². The molecule has 0 radical (unpaired) electrons.